The lowest BCUT2D eigenvalue weighted by Gasteiger charge is -2.07. The molecular weight excluding hydrogens is 422 g/mol. The molecule has 1 N–H and O–H groups in total. The Balaban J connectivity index is 1.30. The molecule has 8 heteroatoms. The van der Waals surface area contributed by atoms with Crippen molar-refractivity contribution in [3.63, 3.8) is 0 Å². The van der Waals surface area contributed by atoms with Crippen LogP contribution < -0.4 is 10.2 Å². The van der Waals surface area contributed by atoms with Crippen molar-refractivity contribution in [1.29, 1.82) is 0 Å². The van der Waals surface area contributed by atoms with Crippen LogP contribution in [0.4, 0.5) is 5.69 Å². The third-order valence-corrected chi connectivity index (χ3v) is 4.71. The largest absolute Gasteiger partial charge is 0.489 e. The van der Waals surface area contributed by atoms with E-state index in [4.69, 9.17) is 9.15 Å². The highest BCUT2D eigenvalue weighted by atomic mass is 16.6. The van der Waals surface area contributed by atoms with Gasteiger partial charge in [-0.15, -0.1) is 0 Å². The zero-order valence-electron chi connectivity index (χ0n) is 17.4. The summed E-state index contributed by atoms with van der Waals surface area (Å²) in [7, 11) is 0. The Morgan fingerprint density at radius 3 is 2.39 bits per heavy atom. The molecule has 1 amide bonds. The summed E-state index contributed by atoms with van der Waals surface area (Å²) in [6.07, 6.45) is 1.38. The molecule has 0 aliphatic carbocycles. The van der Waals surface area contributed by atoms with Gasteiger partial charge in [-0.1, -0.05) is 30.3 Å². The molecule has 0 aliphatic heterocycles. The Kier molecular flexibility index (Phi) is 6.56. The second-order valence-corrected chi connectivity index (χ2v) is 7.00. The molecule has 8 nitrogen and oxygen atoms in total. The van der Waals surface area contributed by atoms with E-state index >= 15 is 0 Å². The van der Waals surface area contributed by atoms with Gasteiger partial charge in [-0.25, -0.2) is 5.43 Å². The quantitative estimate of drug-likeness (QED) is 0.230. The topological polar surface area (TPSA) is 107 Å². The van der Waals surface area contributed by atoms with Gasteiger partial charge in [0.15, 0.2) is 0 Å². The van der Waals surface area contributed by atoms with Crippen LogP contribution in [0.5, 0.6) is 5.75 Å². The molecule has 4 aromatic rings. The van der Waals surface area contributed by atoms with E-state index in [2.05, 4.69) is 10.5 Å². The number of carbonyl (C=O) groups is 1. The average Bonchev–Trinajstić information content (AvgIpc) is 3.32. The summed E-state index contributed by atoms with van der Waals surface area (Å²) in [5, 5.41) is 14.7. The second kappa shape index (κ2) is 10.1. The molecule has 0 spiro atoms. The predicted octanol–water partition coefficient (Wildman–Crippen LogP) is 5.20. The van der Waals surface area contributed by atoms with E-state index in [0.717, 1.165) is 5.56 Å². The van der Waals surface area contributed by atoms with Crippen molar-refractivity contribution in [2.45, 2.75) is 6.61 Å². The molecule has 1 heterocycles. The SMILES string of the molecule is O=C(N/N=C\c1ccc(-c2ccc([N+](=O)[O-])cc2)o1)c1ccc(OCc2ccccc2)cc1. The average molecular weight is 441 g/mol. The Morgan fingerprint density at radius 2 is 1.70 bits per heavy atom. The third-order valence-electron chi connectivity index (χ3n) is 4.71. The van der Waals surface area contributed by atoms with Crippen LogP contribution in [-0.4, -0.2) is 17.0 Å². The normalized spacial score (nSPS) is 10.8. The fraction of sp³-hybridized carbons (Fsp3) is 0.0400. The first-order valence-corrected chi connectivity index (χ1v) is 10.0. The highest BCUT2D eigenvalue weighted by molar-refractivity contribution is 5.94. The van der Waals surface area contributed by atoms with Gasteiger partial charge >= 0.3 is 0 Å². The maximum atomic E-state index is 12.3. The van der Waals surface area contributed by atoms with E-state index in [1.165, 1.54) is 18.3 Å². The minimum atomic E-state index is -0.460. The van der Waals surface area contributed by atoms with Crippen molar-refractivity contribution in [1.82, 2.24) is 5.43 Å². The summed E-state index contributed by atoms with van der Waals surface area (Å²) in [5.41, 5.74) is 4.64. The fourth-order valence-electron chi connectivity index (χ4n) is 2.99. The van der Waals surface area contributed by atoms with Crippen LogP contribution in [0.3, 0.4) is 0 Å². The van der Waals surface area contributed by atoms with E-state index in [-0.39, 0.29) is 11.6 Å². The van der Waals surface area contributed by atoms with Crippen molar-refractivity contribution in [3.8, 4) is 17.1 Å². The maximum Gasteiger partial charge on any atom is 0.271 e. The molecule has 3 aromatic carbocycles. The van der Waals surface area contributed by atoms with Crippen LogP contribution in [-0.2, 0) is 6.61 Å². The van der Waals surface area contributed by atoms with Gasteiger partial charge in [0.2, 0.25) is 0 Å². The number of amides is 1. The lowest BCUT2D eigenvalue weighted by atomic mass is 10.1. The highest BCUT2D eigenvalue weighted by Gasteiger charge is 2.08. The van der Waals surface area contributed by atoms with Gasteiger partial charge in [0.05, 0.1) is 11.1 Å². The van der Waals surface area contributed by atoms with E-state index < -0.39 is 4.92 Å². The Labute approximate surface area is 189 Å². The number of hydrogen-bond donors (Lipinski definition) is 1. The van der Waals surface area contributed by atoms with Crippen LogP contribution in [0.25, 0.3) is 11.3 Å². The fourth-order valence-corrected chi connectivity index (χ4v) is 2.99. The molecule has 1 aromatic heterocycles. The van der Waals surface area contributed by atoms with Crippen LogP contribution in [0, 0.1) is 10.1 Å². The van der Waals surface area contributed by atoms with Crippen LogP contribution in [0.2, 0.25) is 0 Å². The van der Waals surface area contributed by atoms with Gasteiger partial charge in [0, 0.05) is 23.3 Å². The number of nitro benzene ring substituents is 1. The molecule has 0 atom stereocenters. The van der Waals surface area contributed by atoms with Gasteiger partial charge in [0.25, 0.3) is 11.6 Å². The number of furan rings is 1. The summed E-state index contributed by atoms with van der Waals surface area (Å²) in [4.78, 5) is 22.6. The maximum absolute atomic E-state index is 12.3. The smallest absolute Gasteiger partial charge is 0.271 e. The van der Waals surface area contributed by atoms with E-state index in [9.17, 15) is 14.9 Å². The summed E-state index contributed by atoms with van der Waals surface area (Å²) in [5.74, 6) is 1.24. The summed E-state index contributed by atoms with van der Waals surface area (Å²) in [6.45, 7) is 0.446. The van der Waals surface area contributed by atoms with Gasteiger partial charge in [0.1, 0.15) is 23.9 Å². The number of hydrogen-bond acceptors (Lipinski definition) is 6. The molecule has 0 saturated heterocycles. The molecule has 0 saturated carbocycles. The second-order valence-electron chi connectivity index (χ2n) is 7.00. The summed E-state index contributed by atoms with van der Waals surface area (Å²) in [6, 6.07) is 26.0. The number of hydrazone groups is 1. The van der Waals surface area contributed by atoms with Gasteiger partial charge in [-0.05, 0) is 54.1 Å². The molecule has 0 unspecified atom stereocenters. The van der Waals surface area contributed by atoms with Crippen molar-refractivity contribution in [3.05, 3.63) is 118 Å². The zero-order chi connectivity index (χ0) is 23.0. The number of nitrogens with zero attached hydrogens (tertiary/aromatic N) is 2. The van der Waals surface area contributed by atoms with E-state index in [0.29, 0.717) is 35.0 Å². The van der Waals surface area contributed by atoms with Gasteiger partial charge < -0.3 is 9.15 Å². The molecule has 0 bridgehead atoms. The van der Waals surface area contributed by atoms with E-state index in [1.54, 1.807) is 48.5 Å². The molecule has 0 radical (unpaired) electrons. The molecular formula is C25H19N3O5. The lowest BCUT2D eigenvalue weighted by molar-refractivity contribution is -0.384. The monoisotopic (exact) mass is 441 g/mol. The first-order chi connectivity index (χ1) is 16.1. The molecule has 0 aliphatic rings. The zero-order valence-corrected chi connectivity index (χ0v) is 17.4. The van der Waals surface area contributed by atoms with Crippen LogP contribution in [0.1, 0.15) is 21.7 Å². The third kappa shape index (κ3) is 5.71. The number of ether oxygens (including phenoxy) is 1. The van der Waals surface area contributed by atoms with Crippen molar-refractivity contribution >= 4 is 17.8 Å². The number of nitro groups is 1. The number of benzene rings is 3. The Hall–Kier alpha value is -4.72. The van der Waals surface area contributed by atoms with Crippen LogP contribution >= 0.6 is 0 Å². The Morgan fingerprint density at radius 1 is 0.970 bits per heavy atom. The molecule has 164 valence electrons. The summed E-state index contributed by atoms with van der Waals surface area (Å²) >= 11 is 0. The minimum absolute atomic E-state index is 0.00518. The minimum Gasteiger partial charge on any atom is -0.489 e. The highest BCUT2D eigenvalue weighted by Crippen LogP contribution is 2.24. The van der Waals surface area contributed by atoms with Crippen molar-refractivity contribution in [2.75, 3.05) is 0 Å². The molecule has 0 fully saturated rings. The predicted molar refractivity (Wildman–Crippen MR) is 123 cm³/mol. The van der Waals surface area contributed by atoms with Crippen LogP contribution in [0.15, 0.2) is 101 Å². The number of carbonyl (C=O) groups excluding carboxylic acids is 1. The van der Waals surface area contributed by atoms with Crippen molar-refractivity contribution in [2.24, 2.45) is 5.10 Å². The standard InChI is InChI=1S/C25H19N3O5/c29-25(20-8-12-22(13-9-20)32-17-18-4-2-1-3-5-18)27-26-16-23-14-15-24(33-23)19-6-10-21(11-7-19)28(30)31/h1-16H,17H2,(H,27,29)/b26-16-. The number of non-ortho nitro benzene ring substituents is 1. The van der Waals surface area contributed by atoms with Crippen molar-refractivity contribution < 1.29 is 18.9 Å². The first-order valence-electron chi connectivity index (χ1n) is 10.0. The van der Waals surface area contributed by atoms with E-state index in [1.807, 2.05) is 30.3 Å². The summed E-state index contributed by atoms with van der Waals surface area (Å²) < 4.78 is 11.4. The van der Waals surface area contributed by atoms with Gasteiger partial charge in [-0.2, -0.15) is 5.10 Å². The first kappa shape index (κ1) is 21.5. The lowest BCUT2D eigenvalue weighted by Crippen LogP contribution is -2.17. The van der Waals surface area contributed by atoms with Gasteiger partial charge in [-0.3, -0.25) is 14.9 Å². The Bertz CT molecular complexity index is 1260. The molecule has 33 heavy (non-hydrogen) atoms. The molecule has 4 rings (SSSR count). The number of nitrogens with one attached hydrogen (secondary N) is 1. The number of rotatable bonds is 8.